The number of nitrogens with zero attached hydrogens (tertiary/aromatic N) is 3. The lowest BCUT2D eigenvalue weighted by Gasteiger charge is -2.37. The number of likely N-dealkylation sites (tertiary alicyclic amines) is 1. The van der Waals surface area contributed by atoms with Gasteiger partial charge in [-0.2, -0.15) is 0 Å². The maximum absolute atomic E-state index is 14.5. The molecule has 0 spiro atoms. The standard InChI is InChI=1S/C26H30FN3O4/c1-18(31)19-4-6-23(21(27)15-19)28-9-11-29(12-10-28)26(32)17-30-8-2-3-22(30)20-5-7-24-25(16-20)34-14-13-33-24/h4-7,15-16,22H,2-3,8-14,17H2,1H3. The molecule has 0 N–H and O–H groups in total. The molecule has 0 aliphatic carbocycles. The van der Waals surface area contributed by atoms with Gasteiger partial charge in [0.05, 0.1) is 12.2 Å². The number of halogens is 1. The van der Waals surface area contributed by atoms with Gasteiger partial charge in [-0.05, 0) is 62.2 Å². The normalized spacial score (nSPS) is 20.5. The Hall–Kier alpha value is -3.13. The van der Waals surface area contributed by atoms with Crippen LogP contribution in [0.2, 0.25) is 0 Å². The number of carbonyl (C=O) groups excluding carboxylic acids is 2. The Morgan fingerprint density at radius 1 is 0.971 bits per heavy atom. The Morgan fingerprint density at radius 2 is 1.74 bits per heavy atom. The topological polar surface area (TPSA) is 62.3 Å². The predicted molar refractivity (Wildman–Crippen MR) is 126 cm³/mol. The highest BCUT2D eigenvalue weighted by molar-refractivity contribution is 5.94. The van der Waals surface area contributed by atoms with Crippen LogP contribution in [0.3, 0.4) is 0 Å². The van der Waals surface area contributed by atoms with E-state index >= 15 is 0 Å². The number of piperazine rings is 1. The van der Waals surface area contributed by atoms with Crippen molar-refractivity contribution in [1.82, 2.24) is 9.80 Å². The van der Waals surface area contributed by atoms with Crippen LogP contribution in [-0.2, 0) is 4.79 Å². The van der Waals surface area contributed by atoms with Crippen LogP contribution < -0.4 is 14.4 Å². The molecule has 1 atom stereocenters. The monoisotopic (exact) mass is 467 g/mol. The SMILES string of the molecule is CC(=O)c1ccc(N2CCN(C(=O)CN3CCCC3c3ccc4c(c3)OCCO4)CC2)c(F)c1. The molecule has 1 unspecified atom stereocenters. The van der Waals surface area contributed by atoms with E-state index < -0.39 is 5.82 Å². The van der Waals surface area contributed by atoms with Gasteiger partial charge in [0.2, 0.25) is 5.91 Å². The van der Waals surface area contributed by atoms with Crippen LogP contribution in [-0.4, -0.2) is 74.0 Å². The van der Waals surface area contributed by atoms with Crippen LogP contribution in [0.4, 0.5) is 10.1 Å². The Balaban J connectivity index is 1.19. The molecule has 34 heavy (non-hydrogen) atoms. The number of Topliss-reactive ketones (excluding diaryl/α,β-unsaturated/α-hetero) is 1. The van der Waals surface area contributed by atoms with E-state index in [4.69, 9.17) is 9.47 Å². The second-order valence-electron chi connectivity index (χ2n) is 9.12. The van der Waals surface area contributed by atoms with Crippen molar-refractivity contribution in [2.75, 3.05) is 57.4 Å². The van der Waals surface area contributed by atoms with E-state index in [9.17, 15) is 14.0 Å². The Labute approximate surface area is 199 Å². The lowest BCUT2D eigenvalue weighted by molar-refractivity contribution is -0.133. The third-order valence-electron chi connectivity index (χ3n) is 6.98. The maximum Gasteiger partial charge on any atom is 0.236 e. The number of ether oxygens (including phenoxy) is 2. The zero-order valence-corrected chi connectivity index (χ0v) is 19.5. The van der Waals surface area contributed by atoms with Gasteiger partial charge in [-0.15, -0.1) is 0 Å². The van der Waals surface area contributed by atoms with E-state index in [1.807, 2.05) is 21.9 Å². The molecule has 8 heteroatoms. The number of benzene rings is 2. The van der Waals surface area contributed by atoms with Gasteiger partial charge < -0.3 is 19.3 Å². The van der Waals surface area contributed by atoms with Crippen molar-refractivity contribution < 1.29 is 23.5 Å². The molecular formula is C26H30FN3O4. The molecule has 0 saturated carbocycles. The van der Waals surface area contributed by atoms with Gasteiger partial charge in [-0.3, -0.25) is 14.5 Å². The van der Waals surface area contributed by atoms with Gasteiger partial charge in [0, 0.05) is 37.8 Å². The second kappa shape index (κ2) is 9.62. The molecule has 2 fully saturated rings. The Kier molecular flexibility index (Phi) is 6.41. The first kappa shape index (κ1) is 22.7. The highest BCUT2D eigenvalue weighted by Crippen LogP contribution is 2.38. The molecule has 3 heterocycles. The highest BCUT2D eigenvalue weighted by Gasteiger charge is 2.31. The van der Waals surface area contributed by atoms with Crippen molar-refractivity contribution in [3.05, 3.63) is 53.3 Å². The summed E-state index contributed by atoms with van der Waals surface area (Å²) in [5.41, 5.74) is 2.01. The quantitative estimate of drug-likeness (QED) is 0.629. The van der Waals surface area contributed by atoms with E-state index in [-0.39, 0.29) is 17.7 Å². The molecule has 0 radical (unpaired) electrons. The molecular weight excluding hydrogens is 437 g/mol. The van der Waals surface area contributed by atoms with Crippen LogP contribution in [0.15, 0.2) is 36.4 Å². The molecule has 7 nitrogen and oxygen atoms in total. The molecule has 2 saturated heterocycles. The minimum absolute atomic E-state index is 0.108. The summed E-state index contributed by atoms with van der Waals surface area (Å²) in [6.45, 7) is 6.04. The van der Waals surface area contributed by atoms with Crippen LogP contribution in [0, 0.1) is 5.82 Å². The first-order chi connectivity index (χ1) is 16.5. The minimum Gasteiger partial charge on any atom is -0.486 e. The summed E-state index contributed by atoms with van der Waals surface area (Å²) in [7, 11) is 0. The van der Waals surface area contributed by atoms with Crippen molar-refractivity contribution in [3.8, 4) is 11.5 Å². The number of hydrogen-bond donors (Lipinski definition) is 0. The largest absolute Gasteiger partial charge is 0.486 e. The molecule has 0 bridgehead atoms. The fourth-order valence-corrected chi connectivity index (χ4v) is 5.11. The maximum atomic E-state index is 14.5. The van der Waals surface area contributed by atoms with E-state index in [2.05, 4.69) is 11.0 Å². The van der Waals surface area contributed by atoms with Crippen LogP contribution in [0.1, 0.15) is 41.7 Å². The molecule has 1 amide bonds. The summed E-state index contributed by atoms with van der Waals surface area (Å²) in [6, 6.07) is 10.9. The minimum atomic E-state index is -0.396. The number of carbonyl (C=O) groups is 2. The summed E-state index contributed by atoms with van der Waals surface area (Å²) in [5.74, 6) is 1.11. The van der Waals surface area contributed by atoms with Crippen molar-refractivity contribution >= 4 is 17.4 Å². The van der Waals surface area contributed by atoms with Crippen molar-refractivity contribution in [2.45, 2.75) is 25.8 Å². The summed E-state index contributed by atoms with van der Waals surface area (Å²) < 4.78 is 25.9. The van der Waals surface area contributed by atoms with E-state index in [0.717, 1.165) is 36.4 Å². The third kappa shape index (κ3) is 4.59. The fraction of sp³-hybridized carbons (Fsp3) is 0.462. The lowest BCUT2D eigenvalue weighted by Crippen LogP contribution is -2.51. The second-order valence-corrected chi connectivity index (χ2v) is 9.12. The number of rotatable bonds is 5. The molecule has 180 valence electrons. The van der Waals surface area contributed by atoms with Gasteiger partial charge in [0.15, 0.2) is 17.3 Å². The van der Waals surface area contributed by atoms with Gasteiger partial charge in [0.1, 0.15) is 19.0 Å². The molecule has 3 aliphatic rings. The zero-order valence-electron chi connectivity index (χ0n) is 19.5. The molecule has 3 aliphatic heterocycles. The molecule has 2 aromatic rings. The predicted octanol–water partition coefficient (Wildman–Crippen LogP) is 3.29. The summed E-state index contributed by atoms with van der Waals surface area (Å²) in [6.07, 6.45) is 2.06. The number of amides is 1. The fourth-order valence-electron chi connectivity index (χ4n) is 5.11. The number of anilines is 1. The van der Waals surface area contributed by atoms with Crippen LogP contribution >= 0.6 is 0 Å². The van der Waals surface area contributed by atoms with Crippen LogP contribution in [0.25, 0.3) is 0 Å². The van der Waals surface area contributed by atoms with Crippen molar-refractivity contribution in [2.24, 2.45) is 0 Å². The number of hydrogen-bond acceptors (Lipinski definition) is 6. The van der Waals surface area contributed by atoms with Crippen molar-refractivity contribution in [1.29, 1.82) is 0 Å². The van der Waals surface area contributed by atoms with Gasteiger partial charge in [-0.25, -0.2) is 4.39 Å². The smallest absolute Gasteiger partial charge is 0.236 e. The van der Waals surface area contributed by atoms with Crippen molar-refractivity contribution in [3.63, 3.8) is 0 Å². The molecule has 5 rings (SSSR count). The Bertz CT molecular complexity index is 1080. The van der Waals surface area contributed by atoms with Gasteiger partial charge >= 0.3 is 0 Å². The summed E-state index contributed by atoms with van der Waals surface area (Å²) >= 11 is 0. The molecule has 2 aromatic carbocycles. The lowest BCUT2D eigenvalue weighted by atomic mass is 10.0. The average molecular weight is 468 g/mol. The zero-order chi connectivity index (χ0) is 23.7. The van der Waals surface area contributed by atoms with Gasteiger partial charge in [0.25, 0.3) is 0 Å². The Morgan fingerprint density at radius 3 is 2.47 bits per heavy atom. The number of ketones is 1. The highest BCUT2D eigenvalue weighted by atomic mass is 19.1. The van der Waals surface area contributed by atoms with Crippen LogP contribution in [0.5, 0.6) is 11.5 Å². The van der Waals surface area contributed by atoms with E-state index in [0.29, 0.717) is 57.2 Å². The average Bonchev–Trinajstić information content (AvgIpc) is 3.31. The first-order valence-electron chi connectivity index (χ1n) is 12.0. The third-order valence-corrected chi connectivity index (χ3v) is 6.98. The first-order valence-corrected chi connectivity index (χ1v) is 12.0. The molecule has 0 aromatic heterocycles. The number of fused-ring (bicyclic) bond motifs is 1. The van der Waals surface area contributed by atoms with E-state index in [1.165, 1.54) is 13.0 Å². The summed E-state index contributed by atoms with van der Waals surface area (Å²) in [4.78, 5) is 30.6. The summed E-state index contributed by atoms with van der Waals surface area (Å²) in [5, 5.41) is 0. The van der Waals surface area contributed by atoms with Gasteiger partial charge in [-0.1, -0.05) is 6.07 Å². The van der Waals surface area contributed by atoms with E-state index in [1.54, 1.807) is 12.1 Å².